The molecule has 0 aliphatic heterocycles. The first-order valence-corrected chi connectivity index (χ1v) is 8.09. The number of rotatable bonds is 7. The van der Waals surface area contributed by atoms with Gasteiger partial charge in [-0.15, -0.1) is 0 Å². The highest BCUT2D eigenvalue weighted by Crippen LogP contribution is 2.34. The predicted molar refractivity (Wildman–Crippen MR) is 80.2 cm³/mol. The summed E-state index contributed by atoms with van der Waals surface area (Å²) < 4.78 is 5.46. The van der Waals surface area contributed by atoms with E-state index in [1.807, 2.05) is 6.07 Å². The van der Waals surface area contributed by atoms with E-state index >= 15 is 0 Å². The maximum atomic E-state index is 5.46. The first kappa shape index (κ1) is 14.6. The average molecular weight is 263 g/mol. The quantitative estimate of drug-likeness (QED) is 0.788. The van der Waals surface area contributed by atoms with Crippen LogP contribution in [0.25, 0.3) is 0 Å². The largest absolute Gasteiger partial charge is 0.469 e. The van der Waals surface area contributed by atoms with E-state index in [2.05, 4.69) is 25.2 Å². The SMILES string of the molecule is CCNC(CCc1ccco1)C1CCCC(CC)C1. The molecule has 1 aliphatic rings. The van der Waals surface area contributed by atoms with Crippen LogP contribution in [-0.4, -0.2) is 12.6 Å². The molecule has 3 atom stereocenters. The van der Waals surface area contributed by atoms with Crippen molar-refractivity contribution in [2.24, 2.45) is 11.8 Å². The van der Waals surface area contributed by atoms with Crippen LogP contribution in [0.15, 0.2) is 22.8 Å². The van der Waals surface area contributed by atoms with Crippen molar-refractivity contribution < 1.29 is 4.42 Å². The number of nitrogens with one attached hydrogen (secondary N) is 1. The molecule has 19 heavy (non-hydrogen) atoms. The van der Waals surface area contributed by atoms with Crippen molar-refractivity contribution in [3.8, 4) is 0 Å². The lowest BCUT2D eigenvalue weighted by molar-refractivity contribution is 0.202. The molecule has 1 fully saturated rings. The van der Waals surface area contributed by atoms with Crippen LogP contribution in [0.3, 0.4) is 0 Å². The van der Waals surface area contributed by atoms with E-state index in [1.54, 1.807) is 6.26 Å². The molecule has 1 heterocycles. The molecule has 2 nitrogen and oxygen atoms in total. The lowest BCUT2D eigenvalue weighted by Crippen LogP contribution is -2.39. The van der Waals surface area contributed by atoms with Crippen LogP contribution in [0, 0.1) is 11.8 Å². The minimum Gasteiger partial charge on any atom is -0.469 e. The highest BCUT2D eigenvalue weighted by Gasteiger charge is 2.27. The van der Waals surface area contributed by atoms with Crippen LogP contribution >= 0.6 is 0 Å². The Morgan fingerprint density at radius 2 is 2.26 bits per heavy atom. The molecule has 1 aromatic rings. The average Bonchev–Trinajstić information content (AvgIpc) is 2.97. The van der Waals surface area contributed by atoms with Gasteiger partial charge < -0.3 is 9.73 Å². The third-order valence-electron chi connectivity index (χ3n) is 4.72. The summed E-state index contributed by atoms with van der Waals surface area (Å²) in [6.45, 7) is 5.65. The fourth-order valence-electron chi connectivity index (χ4n) is 3.59. The molecule has 3 unspecified atom stereocenters. The lowest BCUT2D eigenvalue weighted by atomic mass is 9.76. The molecule has 0 radical (unpaired) electrons. The molecule has 2 rings (SSSR count). The van der Waals surface area contributed by atoms with Crippen molar-refractivity contribution >= 4 is 0 Å². The summed E-state index contributed by atoms with van der Waals surface area (Å²) in [5, 5.41) is 3.72. The van der Waals surface area contributed by atoms with E-state index in [0.717, 1.165) is 30.6 Å². The monoisotopic (exact) mass is 263 g/mol. The van der Waals surface area contributed by atoms with Crippen LogP contribution in [0.2, 0.25) is 0 Å². The van der Waals surface area contributed by atoms with Crippen molar-refractivity contribution in [2.75, 3.05) is 6.54 Å². The van der Waals surface area contributed by atoms with Gasteiger partial charge in [0, 0.05) is 12.5 Å². The van der Waals surface area contributed by atoms with Crippen LogP contribution in [0.4, 0.5) is 0 Å². The molecule has 0 aromatic carbocycles. The molecule has 0 spiro atoms. The van der Waals surface area contributed by atoms with Crippen molar-refractivity contribution in [3.63, 3.8) is 0 Å². The highest BCUT2D eigenvalue weighted by molar-refractivity contribution is 4.99. The molecule has 2 heteroatoms. The van der Waals surface area contributed by atoms with E-state index in [9.17, 15) is 0 Å². The molecular weight excluding hydrogens is 234 g/mol. The summed E-state index contributed by atoms with van der Waals surface area (Å²) in [4.78, 5) is 0. The Bertz CT molecular complexity index is 333. The molecule has 0 bridgehead atoms. The third kappa shape index (κ3) is 4.38. The maximum Gasteiger partial charge on any atom is 0.103 e. The second-order valence-electron chi connectivity index (χ2n) is 5.98. The van der Waals surface area contributed by atoms with E-state index in [4.69, 9.17) is 4.42 Å². The smallest absolute Gasteiger partial charge is 0.103 e. The lowest BCUT2D eigenvalue weighted by Gasteiger charge is -2.34. The van der Waals surface area contributed by atoms with E-state index in [1.165, 1.54) is 38.5 Å². The Morgan fingerprint density at radius 3 is 2.95 bits per heavy atom. The standard InChI is InChI=1S/C17H29NO/c1-3-14-7-5-8-15(13-14)17(18-4-2)11-10-16-9-6-12-19-16/h6,9,12,14-15,17-18H,3-5,7-8,10-11,13H2,1-2H3. The normalized spacial score (nSPS) is 25.4. The van der Waals surface area contributed by atoms with Gasteiger partial charge >= 0.3 is 0 Å². The number of hydrogen-bond donors (Lipinski definition) is 1. The van der Waals surface area contributed by atoms with E-state index in [0.29, 0.717) is 6.04 Å². The molecule has 108 valence electrons. The fourth-order valence-corrected chi connectivity index (χ4v) is 3.59. The molecule has 1 aliphatic carbocycles. The number of aryl methyl sites for hydroxylation is 1. The zero-order valence-corrected chi connectivity index (χ0v) is 12.5. The van der Waals surface area contributed by atoms with Gasteiger partial charge in [-0.05, 0) is 49.8 Å². The topological polar surface area (TPSA) is 25.2 Å². The molecule has 1 aromatic heterocycles. The Morgan fingerprint density at radius 1 is 1.37 bits per heavy atom. The Kier molecular flexibility index (Phi) is 5.96. The van der Waals surface area contributed by atoms with Crippen LogP contribution in [-0.2, 0) is 6.42 Å². The van der Waals surface area contributed by atoms with Crippen molar-refractivity contribution in [1.82, 2.24) is 5.32 Å². The van der Waals surface area contributed by atoms with Gasteiger partial charge in [0.2, 0.25) is 0 Å². The highest BCUT2D eigenvalue weighted by atomic mass is 16.3. The second-order valence-corrected chi connectivity index (χ2v) is 5.98. The van der Waals surface area contributed by atoms with Crippen molar-refractivity contribution in [2.45, 2.75) is 64.8 Å². The molecule has 1 saturated carbocycles. The second kappa shape index (κ2) is 7.74. The van der Waals surface area contributed by atoms with Gasteiger partial charge in [-0.3, -0.25) is 0 Å². The van der Waals surface area contributed by atoms with Gasteiger partial charge in [0.25, 0.3) is 0 Å². The number of hydrogen-bond acceptors (Lipinski definition) is 2. The summed E-state index contributed by atoms with van der Waals surface area (Å²) >= 11 is 0. The van der Waals surface area contributed by atoms with Crippen LogP contribution < -0.4 is 5.32 Å². The molecule has 1 N–H and O–H groups in total. The van der Waals surface area contributed by atoms with Crippen LogP contribution in [0.5, 0.6) is 0 Å². The van der Waals surface area contributed by atoms with E-state index in [-0.39, 0.29) is 0 Å². The zero-order valence-electron chi connectivity index (χ0n) is 12.5. The summed E-state index contributed by atoms with van der Waals surface area (Å²) in [7, 11) is 0. The number of furan rings is 1. The predicted octanol–water partition coefficient (Wildman–Crippen LogP) is 4.41. The van der Waals surface area contributed by atoms with Crippen molar-refractivity contribution in [3.05, 3.63) is 24.2 Å². The Hall–Kier alpha value is -0.760. The van der Waals surface area contributed by atoms with E-state index < -0.39 is 0 Å². The Balaban J connectivity index is 1.87. The first-order valence-electron chi connectivity index (χ1n) is 8.09. The minimum absolute atomic E-state index is 0.671. The molecule has 0 saturated heterocycles. The van der Waals surface area contributed by atoms with Crippen LogP contribution in [0.1, 0.15) is 58.1 Å². The first-order chi connectivity index (χ1) is 9.33. The zero-order chi connectivity index (χ0) is 13.5. The molecular formula is C17H29NO. The maximum absolute atomic E-state index is 5.46. The van der Waals surface area contributed by atoms with Gasteiger partial charge in [-0.25, -0.2) is 0 Å². The van der Waals surface area contributed by atoms with Gasteiger partial charge in [-0.1, -0.05) is 33.1 Å². The summed E-state index contributed by atoms with van der Waals surface area (Å²) in [6.07, 6.45) is 11.1. The van der Waals surface area contributed by atoms with Gasteiger partial charge in [0.05, 0.1) is 6.26 Å². The third-order valence-corrected chi connectivity index (χ3v) is 4.72. The van der Waals surface area contributed by atoms with Gasteiger partial charge in [0.15, 0.2) is 0 Å². The van der Waals surface area contributed by atoms with Gasteiger partial charge in [-0.2, -0.15) is 0 Å². The summed E-state index contributed by atoms with van der Waals surface area (Å²) in [5.74, 6) is 2.96. The summed E-state index contributed by atoms with van der Waals surface area (Å²) in [5.41, 5.74) is 0. The Labute approximate surface area is 118 Å². The molecule has 0 amide bonds. The fraction of sp³-hybridized carbons (Fsp3) is 0.765. The van der Waals surface area contributed by atoms with Gasteiger partial charge in [0.1, 0.15) is 5.76 Å². The minimum atomic E-state index is 0.671. The van der Waals surface area contributed by atoms with Crippen molar-refractivity contribution in [1.29, 1.82) is 0 Å². The summed E-state index contributed by atoms with van der Waals surface area (Å²) in [6, 6.07) is 4.76.